The van der Waals surface area contributed by atoms with Crippen molar-refractivity contribution in [2.24, 2.45) is 5.73 Å². The summed E-state index contributed by atoms with van der Waals surface area (Å²) in [6, 6.07) is 3.50. The van der Waals surface area contributed by atoms with Crippen LogP contribution in [0, 0.1) is 0 Å². The lowest BCUT2D eigenvalue weighted by molar-refractivity contribution is -0.122. The first-order chi connectivity index (χ1) is 10.2. The zero-order chi connectivity index (χ0) is 15.1. The minimum Gasteiger partial charge on any atom is -0.378 e. The van der Waals surface area contributed by atoms with Crippen LogP contribution >= 0.6 is 0 Å². The number of nitrogens with zero attached hydrogens (tertiary/aromatic N) is 2. The lowest BCUT2D eigenvalue weighted by Crippen LogP contribution is -2.40. The van der Waals surface area contributed by atoms with Crippen molar-refractivity contribution < 1.29 is 9.53 Å². The van der Waals surface area contributed by atoms with Crippen LogP contribution in [-0.4, -0.2) is 43.2 Å². The molecular formula is C15H24N4O2. The number of aromatic nitrogens is 1. The third-order valence-corrected chi connectivity index (χ3v) is 3.55. The van der Waals surface area contributed by atoms with Gasteiger partial charge in [0.2, 0.25) is 5.91 Å². The summed E-state index contributed by atoms with van der Waals surface area (Å²) in [6.07, 6.45) is 3.39. The largest absolute Gasteiger partial charge is 0.378 e. The maximum absolute atomic E-state index is 11.8. The highest BCUT2D eigenvalue weighted by atomic mass is 16.5. The van der Waals surface area contributed by atoms with Gasteiger partial charge in [-0.05, 0) is 24.1 Å². The Labute approximate surface area is 125 Å². The van der Waals surface area contributed by atoms with E-state index in [4.69, 9.17) is 10.5 Å². The molecule has 0 bridgehead atoms. The molecule has 1 aromatic heterocycles. The Morgan fingerprint density at radius 1 is 1.52 bits per heavy atom. The van der Waals surface area contributed by atoms with Gasteiger partial charge < -0.3 is 20.7 Å². The number of anilines is 1. The van der Waals surface area contributed by atoms with Gasteiger partial charge in [-0.15, -0.1) is 0 Å². The molecule has 1 aromatic rings. The van der Waals surface area contributed by atoms with E-state index in [0.717, 1.165) is 44.1 Å². The summed E-state index contributed by atoms with van der Waals surface area (Å²) in [7, 11) is 0. The van der Waals surface area contributed by atoms with Crippen LogP contribution < -0.4 is 16.0 Å². The Balaban J connectivity index is 1.90. The Bertz CT molecular complexity index is 461. The molecule has 0 radical (unpaired) electrons. The zero-order valence-electron chi connectivity index (χ0n) is 12.5. The molecule has 0 aromatic carbocycles. The van der Waals surface area contributed by atoms with Crippen LogP contribution in [-0.2, 0) is 16.1 Å². The summed E-state index contributed by atoms with van der Waals surface area (Å²) in [5.74, 6) is 0.837. The van der Waals surface area contributed by atoms with Gasteiger partial charge in [-0.3, -0.25) is 4.79 Å². The van der Waals surface area contributed by atoms with Crippen molar-refractivity contribution in [1.29, 1.82) is 0 Å². The van der Waals surface area contributed by atoms with Crippen molar-refractivity contribution in [1.82, 2.24) is 10.3 Å². The molecule has 1 unspecified atom stereocenters. The number of rotatable bonds is 6. The standard InChI is InChI=1S/C15H24N4O2/c1-2-3-13(16)15(20)18-11-12-4-5-17-14(10-12)19-6-8-21-9-7-19/h4-5,10,13H,2-3,6-9,11,16H2,1H3,(H,18,20). The molecule has 2 heterocycles. The highest BCUT2D eigenvalue weighted by molar-refractivity contribution is 5.81. The number of carbonyl (C=O) groups excluding carboxylic acids is 1. The van der Waals surface area contributed by atoms with Crippen LogP contribution in [0.15, 0.2) is 18.3 Å². The maximum Gasteiger partial charge on any atom is 0.237 e. The van der Waals surface area contributed by atoms with Crippen molar-refractivity contribution >= 4 is 11.7 Å². The monoisotopic (exact) mass is 292 g/mol. The number of nitrogens with two attached hydrogens (primary N) is 1. The van der Waals surface area contributed by atoms with E-state index < -0.39 is 6.04 Å². The number of hydrogen-bond donors (Lipinski definition) is 2. The molecule has 1 saturated heterocycles. The fourth-order valence-electron chi connectivity index (χ4n) is 2.30. The molecule has 1 aliphatic heterocycles. The Morgan fingerprint density at radius 3 is 3.00 bits per heavy atom. The lowest BCUT2D eigenvalue weighted by atomic mass is 10.1. The normalized spacial score (nSPS) is 16.6. The van der Waals surface area contributed by atoms with E-state index in [1.807, 2.05) is 19.1 Å². The van der Waals surface area contributed by atoms with E-state index >= 15 is 0 Å². The molecule has 1 aliphatic rings. The molecular weight excluding hydrogens is 268 g/mol. The maximum atomic E-state index is 11.8. The van der Waals surface area contributed by atoms with Crippen LogP contribution in [0.2, 0.25) is 0 Å². The molecule has 3 N–H and O–H groups in total. The van der Waals surface area contributed by atoms with E-state index in [-0.39, 0.29) is 5.91 Å². The van der Waals surface area contributed by atoms with Crippen molar-refractivity contribution in [3.8, 4) is 0 Å². The Hall–Kier alpha value is -1.66. The number of nitrogens with one attached hydrogen (secondary N) is 1. The van der Waals surface area contributed by atoms with Crippen LogP contribution in [0.25, 0.3) is 0 Å². The number of pyridine rings is 1. The predicted octanol–water partition coefficient (Wildman–Crippen LogP) is 0.662. The first-order valence-corrected chi connectivity index (χ1v) is 7.51. The summed E-state index contributed by atoms with van der Waals surface area (Å²) < 4.78 is 5.34. The van der Waals surface area contributed by atoms with E-state index in [2.05, 4.69) is 15.2 Å². The number of carbonyl (C=O) groups is 1. The second kappa shape index (κ2) is 7.95. The van der Waals surface area contributed by atoms with E-state index in [1.54, 1.807) is 6.20 Å². The molecule has 2 rings (SSSR count). The molecule has 1 fully saturated rings. The number of amides is 1. The van der Waals surface area contributed by atoms with Gasteiger partial charge in [-0.1, -0.05) is 13.3 Å². The Morgan fingerprint density at radius 2 is 2.29 bits per heavy atom. The predicted molar refractivity (Wildman–Crippen MR) is 82.0 cm³/mol. The number of morpholine rings is 1. The second-order valence-electron chi connectivity index (χ2n) is 5.23. The first-order valence-electron chi connectivity index (χ1n) is 7.51. The molecule has 6 nitrogen and oxygen atoms in total. The molecule has 116 valence electrons. The van der Waals surface area contributed by atoms with Gasteiger partial charge in [-0.2, -0.15) is 0 Å². The highest BCUT2D eigenvalue weighted by Crippen LogP contribution is 2.14. The van der Waals surface area contributed by atoms with Crippen LogP contribution in [0.3, 0.4) is 0 Å². The first kappa shape index (κ1) is 15.7. The van der Waals surface area contributed by atoms with E-state index in [0.29, 0.717) is 13.0 Å². The lowest BCUT2D eigenvalue weighted by Gasteiger charge is -2.28. The van der Waals surface area contributed by atoms with Crippen molar-refractivity contribution in [3.63, 3.8) is 0 Å². The quantitative estimate of drug-likeness (QED) is 0.805. The summed E-state index contributed by atoms with van der Waals surface area (Å²) in [5.41, 5.74) is 6.82. The average Bonchev–Trinajstić information content (AvgIpc) is 2.54. The summed E-state index contributed by atoms with van der Waals surface area (Å²) in [5, 5.41) is 2.88. The van der Waals surface area contributed by atoms with Crippen molar-refractivity contribution in [2.45, 2.75) is 32.4 Å². The molecule has 6 heteroatoms. The van der Waals surface area contributed by atoms with Gasteiger partial charge in [0, 0.05) is 25.8 Å². The molecule has 21 heavy (non-hydrogen) atoms. The van der Waals surface area contributed by atoms with Crippen molar-refractivity contribution in [2.75, 3.05) is 31.2 Å². The molecule has 0 spiro atoms. The van der Waals surface area contributed by atoms with Crippen LogP contribution in [0.4, 0.5) is 5.82 Å². The van der Waals surface area contributed by atoms with Crippen LogP contribution in [0.5, 0.6) is 0 Å². The Kier molecular flexibility index (Phi) is 5.95. The molecule has 1 atom stereocenters. The van der Waals surface area contributed by atoms with E-state index in [9.17, 15) is 4.79 Å². The van der Waals surface area contributed by atoms with Crippen LogP contribution in [0.1, 0.15) is 25.3 Å². The molecule has 0 aliphatic carbocycles. The number of hydrogen-bond acceptors (Lipinski definition) is 5. The fourth-order valence-corrected chi connectivity index (χ4v) is 2.30. The van der Waals surface area contributed by atoms with Gasteiger partial charge in [0.15, 0.2) is 0 Å². The van der Waals surface area contributed by atoms with Gasteiger partial charge in [0.1, 0.15) is 5.82 Å². The smallest absolute Gasteiger partial charge is 0.237 e. The third kappa shape index (κ3) is 4.68. The fraction of sp³-hybridized carbons (Fsp3) is 0.600. The van der Waals surface area contributed by atoms with Gasteiger partial charge >= 0.3 is 0 Å². The average molecular weight is 292 g/mol. The summed E-state index contributed by atoms with van der Waals surface area (Å²) in [4.78, 5) is 18.4. The second-order valence-corrected chi connectivity index (χ2v) is 5.23. The minimum absolute atomic E-state index is 0.0958. The SMILES string of the molecule is CCCC(N)C(=O)NCc1ccnc(N2CCOCC2)c1. The number of ether oxygens (including phenoxy) is 1. The van der Waals surface area contributed by atoms with E-state index in [1.165, 1.54) is 0 Å². The van der Waals surface area contributed by atoms with Crippen molar-refractivity contribution in [3.05, 3.63) is 23.9 Å². The third-order valence-electron chi connectivity index (χ3n) is 3.55. The zero-order valence-corrected chi connectivity index (χ0v) is 12.5. The van der Waals surface area contributed by atoms with Gasteiger partial charge in [0.05, 0.1) is 19.3 Å². The summed E-state index contributed by atoms with van der Waals surface area (Å²) >= 11 is 0. The topological polar surface area (TPSA) is 80.5 Å². The van der Waals surface area contributed by atoms with Gasteiger partial charge in [0.25, 0.3) is 0 Å². The molecule has 1 amide bonds. The molecule has 0 saturated carbocycles. The highest BCUT2D eigenvalue weighted by Gasteiger charge is 2.14. The minimum atomic E-state index is -0.421. The van der Waals surface area contributed by atoms with Gasteiger partial charge in [-0.25, -0.2) is 4.98 Å². The summed E-state index contributed by atoms with van der Waals surface area (Å²) in [6.45, 7) is 5.66.